The third kappa shape index (κ3) is 2.55. The maximum Gasteiger partial charge on any atom is 0.324 e. The number of nitro groups is 1. The summed E-state index contributed by atoms with van der Waals surface area (Å²) < 4.78 is 0. The standard InChI is InChI=1S/C12H19N3O2S/c1-2-6-14-7-5-9(8-13)12(14)10-3-4-11(18-10)15(16)17/h3-4,9,12H,2,5-8,13H2,1H3. The third-order valence-corrected chi connectivity index (χ3v) is 4.63. The highest BCUT2D eigenvalue weighted by molar-refractivity contribution is 7.15. The first kappa shape index (κ1) is 13.5. The molecule has 2 heterocycles. The lowest BCUT2D eigenvalue weighted by Gasteiger charge is -2.26. The molecule has 2 rings (SSSR count). The van der Waals surface area contributed by atoms with Gasteiger partial charge in [-0.3, -0.25) is 15.0 Å². The van der Waals surface area contributed by atoms with Crippen LogP contribution in [-0.4, -0.2) is 29.5 Å². The molecule has 100 valence electrons. The van der Waals surface area contributed by atoms with Gasteiger partial charge in [-0.25, -0.2) is 0 Å². The molecule has 1 fully saturated rings. The van der Waals surface area contributed by atoms with E-state index in [9.17, 15) is 10.1 Å². The van der Waals surface area contributed by atoms with Gasteiger partial charge in [0.1, 0.15) is 0 Å². The number of thiophene rings is 1. The molecule has 1 aromatic heterocycles. The van der Waals surface area contributed by atoms with Crippen LogP contribution in [0.4, 0.5) is 5.00 Å². The van der Waals surface area contributed by atoms with Gasteiger partial charge in [0.2, 0.25) is 0 Å². The maximum atomic E-state index is 10.8. The molecule has 0 aliphatic carbocycles. The third-order valence-electron chi connectivity index (χ3n) is 3.52. The zero-order valence-electron chi connectivity index (χ0n) is 10.5. The van der Waals surface area contributed by atoms with E-state index in [1.165, 1.54) is 11.3 Å². The van der Waals surface area contributed by atoms with Crippen LogP contribution in [-0.2, 0) is 0 Å². The highest BCUT2D eigenvalue weighted by Gasteiger charge is 2.35. The van der Waals surface area contributed by atoms with Gasteiger partial charge in [-0.15, -0.1) is 0 Å². The van der Waals surface area contributed by atoms with Crippen molar-refractivity contribution in [3.8, 4) is 0 Å². The van der Waals surface area contributed by atoms with Crippen LogP contribution in [0.25, 0.3) is 0 Å². The molecular formula is C12H19N3O2S. The number of hydrogen-bond acceptors (Lipinski definition) is 5. The number of rotatable bonds is 5. The van der Waals surface area contributed by atoms with Crippen LogP contribution in [0, 0.1) is 16.0 Å². The van der Waals surface area contributed by atoms with Gasteiger partial charge in [0.05, 0.1) is 4.92 Å². The minimum absolute atomic E-state index is 0.226. The summed E-state index contributed by atoms with van der Waals surface area (Å²) in [5.41, 5.74) is 5.83. The average molecular weight is 269 g/mol. The molecule has 0 radical (unpaired) electrons. The van der Waals surface area contributed by atoms with Crippen molar-refractivity contribution in [2.75, 3.05) is 19.6 Å². The van der Waals surface area contributed by atoms with E-state index >= 15 is 0 Å². The van der Waals surface area contributed by atoms with Gasteiger partial charge in [0, 0.05) is 17.0 Å². The van der Waals surface area contributed by atoms with Crippen molar-refractivity contribution in [3.63, 3.8) is 0 Å². The molecule has 0 saturated carbocycles. The van der Waals surface area contributed by atoms with Crippen LogP contribution in [0.5, 0.6) is 0 Å². The minimum Gasteiger partial charge on any atom is -0.330 e. The van der Waals surface area contributed by atoms with E-state index in [-0.39, 0.29) is 16.0 Å². The average Bonchev–Trinajstić information content (AvgIpc) is 2.94. The molecular weight excluding hydrogens is 250 g/mol. The molecule has 0 bridgehead atoms. The first-order valence-corrected chi connectivity index (χ1v) is 7.17. The van der Waals surface area contributed by atoms with Gasteiger partial charge >= 0.3 is 5.00 Å². The molecule has 6 heteroatoms. The van der Waals surface area contributed by atoms with Crippen LogP contribution in [0.2, 0.25) is 0 Å². The predicted octanol–water partition coefficient (Wildman–Crippen LogP) is 2.39. The van der Waals surface area contributed by atoms with E-state index in [0.29, 0.717) is 12.5 Å². The van der Waals surface area contributed by atoms with Crippen molar-refractivity contribution in [2.24, 2.45) is 11.7 Å². The lowest BCUT2D eigenvalue weighted by molar-refractivity contribution is -0.380. The van der Waals surface area contributed by atoms with Gasteiger partial charge in [-0.05, 0) is 44.5 Å². The molecule has 18 heavy (non-hydrogen) atoms. The van der Waals surface area contributed by atoms with Crippen molar-refractivity contribution < 1.29 is 4.92 Å². The Morgan fingerprint density at radius 1 is 1.61 bits per heavy atom. The molecule has 0 spiro atoms. The van der Waals surface area contributed by atoms with Crippen molar-refractivity contribution in [3.05, 3.63) is 27.1 Å². The highest BCUT2D eigenvalue weighted by atomic mass is 32.1. The van der Waals surface area contributed by atoms with Crippen molar-refractivity contribution >= 4 is 16.3 Å². The molecule has 2 atom stereocenters. The Morgan fingerprint density at radius 3 is 2.94 bits per heavy atom. The maximum absolute atomic E-state index is 10.8. The second-order valence-corrected chi connectivity index (χ2v) is 5.79. The molecule has 1 aromatic rings. The quantitative estimate of drug-likeness (QED) is 0.658. The summed E-state index contributed by atoms with van der Waals surface area (Å²) >= 11 is 1.29. The number of hydrogen-bond donors (Lipinski definition) is 1. The van der Waals surface area contributed by atoms with E-state index < -0.39 is 0 Å². The van der Waals surface area contributed by atoms with E-state index in [1.807, 2.05) is 6.07 Å². The monoisotopic (exact) mass is 269 g/mol. The van der Waals surface area contributed by atoms with E-state index in [0.717, 1.165) is 30.8 Å². The van der Waals surface area contributed by atoms with Gasteiger partial charge in [-0.1, -0.05) is 18.3 Å². The largest absolute Gasteiger partial charge is 0.330 e. The summed E-state index contributed by atoms with van der Waals surface area (Å²) in [6.45, 7) is 4.89. The molecule has 1 aliphatic rings. The van der Waals surface area contributed by atoms with Crippen LogP contribution in [0.3, 0.4) is 0 Å². The molecule has 1 saturated heterocycles. The van der Waals surface area contributed by atoms with Crippen LogP contribution in [0.1, 0.15) is 30.7 Å². The second kappa shape index (κ2) is 5.77. The molecule has 2 N–H and O–H groups in total. The minimum atomic E-state index is -0.315. The van der Waals surface area contributed by atoms with Gasteiger partial charge in [0.25, 0.3) is 0 Å². The SMILES string of the molecule is CCCN1CCC(CN)C1c1ccc([N+](=O)[O-])s1. The molecule has 0 aromatic carbocycles. The first-order chi connectivity index (χ1) is 8.67. The summed E-state index contributed by atoms with van der Waals surface area (Å²) in [6, 6.07) is 3.77. The zero-order chi connectivity index (χ0) is 13.1. The Morgan fingerprint density at radius 2 is 2.39 bits per heavy atom. The predicted molar refractivity (Wildman–Crippen MR) is 72.7 cm³/mol. The first-order valence-electron chi connectivity index (χ1n) is 6.35. The smallest absolute Gasteiger partial charge is 0.324 e. The van der Waals surface area contributed by atoms with Crippen LogP contribution >= 0.6 is 11.3 Å². The van der Waals surface area contributed by atoms with Gasteiger partial charge in [-0.2, -0.15) is 0 Å². The fourth-order valence-corrected chi connectivity index (χ4v) is 3.77. The van der Waals surface area contributed by atoms with Crippen LogP contribution in [0.15, 0.2) is 12.1 Å². The molecule has 2 unspecified atom stereocenters. The Hall–Kier alpha value is -0.980. The van der Waals surface area contributed by atoms with E-state index in [4.69, 9.17) is 5.73 Å². The Bertz CT molecular complexity index is 421. The van der Waals surface area contributed by atoms with Crippen molar-refractivity contribution in [1.82, 2.24) is 4.90 Å². The Balaban J connectivity index is 2.22. The summed E-state index contributed by atoms with van der Waals surface area (Å²) in [7, 11) is 0. The lowest BCUT2D eigenvalue weighted by Crippen LogP contribution is -2.28. The zero-order valence-corrected chi connectivity index (χ0v) is 11.4. The number of nitrogens with zero attached hydrogens (tertiary/aromatic N) is 2. The van der Waals surface area contributed by atoms with E-state index in [2.05, 4.69) is 11.8 Å². The molecule has 1 aliphatic heterocycles. The van der Waals surface area contributed by atoms with Gasteiger partial charge in [0.15, 0.2) is 0 Å². The lowest BCUT2D eigenvalue weighted by atomic mass is 9.99. The molecule has 5 nitrogen and oxygen atoms in total. The summed E-state index contributed by atoms with van der Waals surface area (Å²) in [5, 5.41) is 11.0. The topological polar surface area (TPSA) is 72.4 Å². The van der Waals surface area contributed by atoms with E-state index in [1.54, 1.807) is 6.07 Å². The number of likely N-dealkylation sites (tertiary alicyclic amines) is 1. The van der Waals surface area contributed by atoms with Gasteiger partial charge < -0.3 is 5.73 Å². The van der Waals surface area contributed by atoms with Crippen molar-refractivity contribution in [1.29, 1.82) is 0 Å². The highest BCUT2D eigenvalue weighted by Crippen LogP contribution is 2.41. The fraction of sp³-hybridized carbons (Fsp3) is 0.667. The summed E-state index contributed by atoms with van der Waals surface area (Å²) in [4.78, 5) is 13.9. The van der Waals surface area contributed by atoms with Crippen LogP contribution < -0.4 is 5.73 Å². The Labute approximate surface area is 111 Å². The normalized spacial score (nSPS) is 24.6. The summed E-state index contributed by atoms with van der Waals surface area (Å²) in [5.74, 6) is 0.426. The Kier molecular flexibility index (Phi) is 4.31. The van der Waals surface area contributed by atoms with Crippen molar-refractivity contribution in [2.45, 2.75) is 25.8 Å². The second-order valence-electron chi connectivity index (χ2n) is 4.70. The summed E-state index contributed by atoms with van der Waals surface area (Å²) in [6.07, 6.45) is 2.19. The molecule has 0 amide bonds. The fourth-order valence-electron chi connectivity index (χ4n) is 2.72. The number of nitrogens with two attached hydrogens (primary N) is 1.